The van der Waals surface area contributed by atoms with E-state index < -0.39 is 21.6 Å². The minimum Gasteiger partial charge on any atom is -0.486 e. The quantitative estimate of drug-likeness (QED) is 0.477. The molecular weight excluding hydrogens is 488 g/mol. The molecule has 0 aliphatic carbocycles. The number of sulfonamides is 1. The minimum atomic E-state index is -4.09. The molecule has 11 heteroatoms. The van der Waals surface area contributed by atoms with E-state index in [1.807, 2.05) is 0 Å². The van der Waals surface area contributed by atoms with Crippen molar-refractivity contribution in [2.24, 2.45) is 0 Å². The van der Waals surface area contributed by atoms with Crippen LogP contribution in [-0.4, -0.2) is 63.3 Å². The number of rotatable bonds is 7. The minimum absolute atomic E-state index is 0.0692. The zero-order valence-corrected chi connectivity index (χ0v) is 20.5. The van der Waals surface area contributed by atoms with Crippen LogP contribution in [0.25, 0.3) is 10.9 Å². The molecule has 3 aromatic rings. The average molecular weight is 515 g/mol. The number of benzene rings is 2. The zero-order valence-electron chi connectivity index (χ0n) is 19.7. The van der Waals surface area contributed by atoms with Crippen LogP contribution in [0.2, 0.25) is 0 Å². The third-order valence-electron chi connectivity index (χ3n) is 6.25. The third-order valence-corrected chi connectivity index (χ3v) is 8.06. The average Bonchev–Trinajstić information content (AvgIpc) is 3.40. The molecule has 0 amide bonds. The summed E-state index contributed by atoms with van der Waals surface area (Å²) in [5.74, 6) is 0.471. The number of aromatic amines is 1. The molecule has 190 valence electrons. The standard InChI is InChI=1S/C25H26N2O8S/c1-32-25(29)16-4-2-6-20(11-16)36(30,31)27(15-19-5-3-7-33-19)14-18-10-17-12-22-23(35-9-8-34-22)13-21(17)26-24(18)28/h2,4,6,10-13,19H,3,5,7-9,14-15H2,1H3,(H,26,28)/t19-/m0/s1. The number of ether oxygens (including phenoxy) is 4. The molecule has 1 aromatic heterocycles. The lowest BCUT2D eigenvalue weighted by atomic mass is 10.1. The summed E-state index contributed by atoms with van der Waals surface area (Å²) in [6.45, 7) is 1.30. The van der Waals surface area contributed by atoms with Crippen molar-refractivity contribution in [2.45, 2.75) is 30.4 Å². The van der Waals surface area contributed by atoms with E-state index in [9.17, 15) is 18.0 Å². The lowest BCUT2D eigenvalue weighted by Gasteiger charge is -2.25. The number of methoxy groups -OCH3 is 1. The summed E-state index contributed by atoms with van der Waals surface area (Å²) in [4.78, 5) is 27.7. The Morgan fingerprint density at radius 3 is 2.61 bits per heavy atom. The molecule has 1 saturated heterocycles. The van der Waals surface area contributed by atoms with Crippen LogP contribution in [-0.2, 0) is 26.0 Å². The van der Waals surface area contributed by atoms with Crippen molar-refractivity contribution in [1.29, 1.82) is 0 Å². The number of carbonyl (C=O) groups is 1. The van der Waals surface area contributed by atoms with Crippen molar-refractivity contribution in [2.75, 3.05) is 33.5 Å². The van der Waals surface area contributed by atoms with Crippen LogP contribution in [0.1, 0.15) is 28.8 Å². The van der Waals surface area contributed by atoms with Crippen molar-refractivity contribution in [3.63, 3.8) is 0 Å². The van der Waals surface area contributed by atoms with Crippen LogP contribution >= 0.6 is 0 Å². The molecule has 0 spiro atoms. The second-order valence-corrected chi connectivity index (χ2v) is 10.6. The van der Waals surface area contributed by atoms with E-state index in [1.54, 1.807) is 18.2 Å². The summed E-state index contributed by atoms with van der Waals surface area (Å²) in [5.41, 5.74) is 0.540. The zero-order chi connectivity index (χ0) is 25.3. The number of hydrogen-bond donors (Lipinski definition) is 1. The highest BCUT2D eigenvalue weighted by molar-refractivity contribution is 7.89. The predicted molar refractivity (Wildman–Crippen MR) is 130 cm³/mol. The number of aromatic nitrogens is 1. The monoisotopic (exact) mass is 514 g/mol. The number of fused-ring (bicyclic) bond motifs is 2. The molecule has 2 aliphatic rings. The Morgan fingerprint density at radius 1 is 1.11 bits per heavy atom. The van der Waals surface area contributed by atoms with Gasteiger partial charge < -0.3 is 23.9 Å². The van der Waals surface area contributed by atoms with Gasteiger partial charge in [-0.05, 0) is 43.2 Å². The number of pyridine rings is 1. The Bertz CT molecular complexity index is 1460. The van der Waals surface area contributed by atoms with Crippen molar-refractivity contribution >= 4 is 26.9 Å². The molecule has 36 heavy (non-hydrogen) atoms. The largest absolute Gasteiger partial charge is 0.486 e. The van der Waals surface area contributed by atoms with E-state index in [-0.39, 0.29) is 35.2 Å². The molecule has 2 aliphatic heterocycles. The van der Waals surface area contributed by atoms with E-state index in [2.05, 4.69) is 4.98 Å². The first kappa shape index (κ1) is 24.3. The number of esters is 1. The van der Waals surface area contributed by atoms with Crippen LogP contribution in [0.5, 0.6) is 11.5 Å². The maximum atomic E-state index is 13.7. The van der Waals surface area contributed by atoms with Crippen molar-refractivity contribution in [1.82, 2.24) is 9.29 Å². The fourth-order valence-electron chi connectivity index (χ4n) is 4.41. The van der Waals surface area contributed by atoms with Crippen LogP contribution < -0.4 is 15.0 Å². The normalized spacial score (nSPS) is 17.4. The van der Waals surface area contributed by atoms with Crippen molar-refractivity contribution < 1.29 is 32.2 Å². The molecule has 1 atom stereocenters. The summed E-state index contributed by atoms with van der Waals surface area (Å²) in [7, 11) is -2.86. The molecule has 0 bridgehead atoms. The highest BCUT2D eigenvalue weighted by Crippen LogP contribution is 2.34. The fraction of sp³-hybridized carbons (Fsp3) is 0.360. The van der Waals surface area contributed by atoms with Gasteiger partial charge in [-0.3, -0.25) is 4.79 Å². The van der Waals surface area contributed by atoms with Crippen molar-refractivity contribution in [3.8, 4) is 11.5 Å². The van der Waals surface area contributed by atoms with Crippen LogP contribution in [0, 0.1) is 0 Å². The SMILES string of the molecule is COC(=O)c1cccc(S(=O)(=O)N(Cc2cc3cc4c(cc3[nH]c2=O)OCCO4)C[C@@H]2CCCO2)c1. The number of nitrogens with one attached hydrogen (secondary N) is 1. The lowest BCUT2D eigenvalue weighted by molar-refractivity contribution is 0.0600. The Balaban J connectivity index is 1.52. The van der Waals surface area contributed by atoms with E-state index in [1.165, 1.54) is 35.7 Å². The summed E-state index contributed by atoms with van der Waals surface area (Å²) >= 11 is 0. The van der Waals surface area contributed by atoms with Crippen LogP contribution in [0.15, 0.2) is 52.2 Å². The number of nitrogens with zero attached hydrogens (tertiary/aromatic N) is 1. The predicted octanol–water partition coefficient (Wildman–Crippen LogP) is 2.46. The molecule has 0 unspecified atom stereocenters. The molecule has 2 aromatic carbocycles. The van der Waals surface area contributed by atoms with Gasteiger partial charge in [-0.2, -0.15) is 4.31 Å². The Hall–Kier alpha value is -3.41. The first-order valence-electron chi connectivity index (χ1n) is 11.6. The van der Waals surface area contributed by atoms with Gasteiger partial charge >= 0.3 is 5.97 Å². The van der Waals surface area contributed by atoms with Gasteiger partial charge in [0.1, 0.15) is 13.2 Å². The molecule has 0 radical (unpaired) electrons. The summed E-state index contributed by atoms with van der Waals surface area (Å²) in [6, 6.07) is 10.8. The second-order valence-electron chi connectivity index (χ2n) is 8.66. The number of carbonyl (C=O) groups excluding carboxylic acids is 1. The maximum Gasteiger partial charge on any atom is 0.337 e. The molecule has 1 fully saturated rings. The molecule has 5 rings (SSSR count). The Labute approximate surface area is 207 Å². The molecule has 0 saturated carbocycles. The maximum absolute atomic E-state index is 13.7. The van der Waals surface area contributed by atoms with E-state index in [0.29, 0.717) is 48.6 Å². The van der Waals surface area contributed by atoms with Gasteiger partial charge in [-0.1, -0.05) is 6.07 Å². The van der Waals surface area contributed by atoms with E-state index in [4.69, 9.17) is 18.9 Å². The summed E-state index contributed by atoms with van der Waals surface area (Å²) in [5, 5.41) is 0.691. The third kappa shape index (κ3) is 4.81. The number of hydrogen-bond acceptors (Lipinski definition) is 8. The summed E-state index contributed by atoms with van der Waals surface area (Å²) in [6.07, 6.45) is 1.26. The highest BCUT2D eigenvalue weighted by atomic mass is 32.2. The number of H-pyrrole nitrogens is 1. The van der Waals surface area contributed by atoms with E-state index in [0.717, 1.165) is 6.42 Å². The summed E-state index contributed by atoms with van der Waals surface area (Å²) < 4.78 is 50.3. The highest BCUT2D eigenvalue weighted by Gasteiger charge is 2.30. The van der Waals surface area contributed by atoms with E-state index >= 15 is 0 Å². The first-order chi connectivity index (χ1) is 17.3. The van der Waals surface area contributed by atoms with Crippen molar-refractivity contribution in [3.05, 3.63) is 63.9 Å². The molecule has 1 N–H and O–H groups in total. The van der Waals surface area contributed by atoms with Gasteiger partial charge in [0.05, 0.1) is 29.2 Å². The smallest absolute Gasteiger partial charge is 0.337 e. The first-order valence-corrected chi connectivity index (χ1v) is 13.0. The van der Waals surface area contributed by atoms with Gasteiger partial charge in [0.15, 0.2) is 11.5 Å². The molecule has 3 heterocycles. The second kappa shape index (κ2) is 9.92. The Kier molecular flexibility index (Phi) is 6.69. The molecule has 10 nitrogen and oxygen atoms in total. The topological polar surface area (TPSA) is 124 Å². The van der Waals surface area contributed by atoms with Gasteiger partial charge in [0.25, 0.3) is 5.56 Å². The van der Waals surface area contributed by atoms with Gasteiger partial charge in [-0.25, -0.2) is 13.2 Å². The van der Waals surface area contributed by atoms with Gasteiger partial charge in [0, 0.05) is 36.7 Å². The van der Waals surface area contributed by atoms with Gasteiger partial charge in [0.2, 0.25) is 10.0 Å². The van der Waals surface area contributed by atoms with Crippen LogP contribution in [0.4, 0.5) is 0 Å². The fourth-order valence-corrected chi connectivity index (χ4v) is 5.91. The lowest BCUT2D eigenvalue weighted by Crippen LogP contribution is -2.38. The van der Waals surface area contributed by atoms with Gasteiger partial charge in [-0.15, -0.1) is 0 Å². The van der Waals surface area contributed by atoms with Crippen LogP contribution in [0.3, 0.4) is 0 Å². The molecular formula is C25H26N2O8S. The Morgan fingerprint density at radius 2 is 1.89 bits per heavy atom.